The summed E-state index contributed by atoms with van der Waals surface area (Å²) in [6, 6.07) is 0. The summed E-state index contributed by atoms with van der Waals surface area (Å²) in [5.74, 6) is 0. The topological polar surface area (TPSA) is 24.7 Å². The van der Waals surface area contributed by atoms with E-state index in [1.54, 1.807) is 0 Å². The molecule has 2 heteroatoms. The zero-order chi connectivity index (χ0) is 7.98. The van der Waals surface area contributed by atoms with Crippen LogP contribution in [0.15, 0.2) is 9.98 Å². The molecule has 2 nitrogen and oxygen atoms in total. The number of rotatable bonds is 3. The highest BCUT2D eigenvalue weighted by Crippen LogP contribution is 1.93. The molecular weight excluding hydrogens is 124 g/mol. The minimum absolute atomic E-state index is 0.983. The Morgan fingerprint density at radius 1 is 0.900 bits per heavy atom. The smallest absolute Gasteiger partial charge is 0.0551 e. The van der Waals surface area contributed by atoms with Crippen molar-refractivity contribution in [3.05, 3.63) is 0 Å². The molecule has 58 valence electrons. The van der Waals surface area contributed by atoms with E-state index in [4.69, 9.17) is 0 Å². The third-order valence-electron chi connectivity index (χ3n) is 1.54. The van der Waals surface area contributed by atoms with Crippen molar-refractivity contribution in [2.45, 2.75) is 26.7 Å². The van der Waals surface area contributed by atoms with Crippen LogP contribution in [0.25, 0.3) is 0 Å². The minimum Gasteiger partial charge on any atom is -0.291 e. The molecule has 0 aromatic rings. The van der Waals surface area contributed by atoms with Crippen LogP contribution < -0.4 is 0 Å². The van der Waals surface area contributed by atoms with Gasteiger partial charge in [0.15, 0.2) is 0 Å². The van der Waals surface area contributed by atoms with Gasteiger partial charge in [-0.05, 0) is 12.8 Å². The minimum atomic E-state index is 0.983. The second kappa shape index (κ2) is 5.15. The summed E-state index contributed by atoms with van der Waals surface area (Å²) in [5, 5.41) is 0. The van der Waals surface area contributed by atoms with Crippen molar-refractivity contribution >= 4 is 11.4 Å². The summed E-state index contributed by atoms with van der Waals surface area (Å²) in [4.78, 5) is 8.27. The summed E-state index contributed by atoms with van der Waals surface area (Å²) in [7, 11) is 3.64. The van der Waals surface area contributed by atoms with Crippen LogP contribution in [0.5, 0.6) is 0 Å². The molecule has 10 heavy (non-hydrogen) atoms. The van der Waals surface area contributed by atoms with Gasteiger partial charge in [0.25, 0.3) is 0 Å². The summed E-state index contributed by atoms with van der Waals surface area (Å²) < 4.78 is 0. The monoisotopic (exact) mass is 140 g/mol. The van der Waals surface area contributed by atoms with Crippen molar-refractivity contribution in [3.63, 3.8) is 0 Å². The highest BCUT2D eigenvalue weighted by molar-refractivity contribution is 6.42. The molecule has 0 unspecified atom stereocenters. The van der Waals surface area contributed by atoms with Crippen LogP contribution in [0.4, 0.5) is 0 Å². The van der Waals surface area contributed by atoms with E-state index < -0.39 is 0 Å². The second-order valence-corrected chi connectivity index (χ2v) is 2.05. The highest BCUT2D eigenvalue weighted by Gasteiger charge is 2.00. The largest absolute Gasteiger partial charge is 0.291 e. The van der Waals surface area contributed by atoms with Crippen LogP contribution in [0, 0.1) is 0 Å². The van der Waals surface area contributed by atoms with E-state index in [0.717, 1.165) is 24.3 Å². The van der Waals surface area contributed by atoms with E-state index in [0.29, 0.717) is 0 Å². The average molecular weight is 140 g/mol. The predicted molar refractivity (Wildman–Crippen MR) is 47.3 cm³/mol. The maximum Gasteiger partial charge on any atom is 0.0551 e. The van der Waals surface area contributed by atoms with Crippen molar-refractivity contribution in [2.24, 2.45) is 9.98 Å². The Labute approximate surface area is 63.1 Å². The Bertz CT molecular complexity index is 127. The molecule has 0 aliphatic carbocycles. The first-order valence-corrected chi connectivity index (χ1v) is 3.71. The Kier molecular flexibility index (Phi) is 4.81. The maximum atomic E-state index is 4.13. The third kappa shape index (κ3) is 2.29. The average Bonchev–Trinajstić information content (AvgIpc) is 2.00. The summed E-state index contributed by atoms with van der Waals surface area (Å²) in [6.45, 7) is 4.20. The number of aliphatic imine (C=N–C) groups is 2. The number of nitrogens with zero attached hydrogens (tertiary/aromatic N) is 2. The van der Waals surface area contributed by atoms with Gasteiger partial charge < -0.3 is 0 Å². The normalized spacial score (nSPS) is 14.0. The van der Waals surface area contributed by atoms with Crippen molar-refractivity contribution < 1.29 is 0 Å². The first kappa shape index (κ1) is 9.34. The predicted octanol–water partition coefficient (Wildman–Crippen LogP) is 1.95. The lowest BCUT2D eigenvalue weighted by Gasteiger charge is -2.02. The quantitative estimate of drug-likeness (QED) is 0.535. The van der Waals surface area contributed by atoms with E-state index in [1.165, 1.54) is 0 Å². The molecule has 0 atom stereocenters. The van der Waals surface area contributed by atoms with Crippen molar-refractivity contribution in [3.8, 4) is 0 Å². The van der Waals surface area contributed by atoms with Crippen molar-refractivity contribution in [1.82, 2.24) is 0 Å². The molecule has 0 fully saturated rings. The molecule has 0 aromatic heterocycles. The fourth-order valence-corrected chi connectivity index (χ4v) is 0.982. The van der Waals surface area contributed by atoms with Crippen LogP contribution >= 0.6 is 0 Å². The van der Waals surface area contributed by atoms with Crippen LogP contribution in [0.2, 0.25) is 0 Å². The highest BCUT2D eigenvalue weighted by atomic mass is 14.8. The Morgan fingerprint density at radius 3 is 1.30 bits per heavy atom. The molecule has 0 radical (unpaired) electrons. The molecule has 0 aromatic carbocycles. The van der Waals surface area contributed by atoms with Gasteiger partial charge in [-0.1, -0.05) is 13.8 Å². The molecule has 0 rings (SSSR count). The molecule has 0 spiro atoms. The maximum absolute atomic E-state index is 4.13. The van der Waals surface area contributed by atoms with Gasteiger partial charge in [-0.3, -0.25) is 9.98 Å². The van der Waals surface area contributed by atoms with E-state index in [1.807, 2.05) is 14.1 Å². The molecule has 0 aliphatic rings. The SMILES string of the molecule is CCC(=NC)C(CC)=NC. The van der Waals surface area contributed by atoms with Crippen molar-refractivity contribution in [1.29, 1.82) is 0 Å². The van der Waals surface area contributed by atoms with Gasteiger partial charge in [-0.15, -0.1) is 0 Å². The van der Waals surface area contributed by atoms with E-state index in [-0.39, 0.29) is 0 Å². The standard InChI is InChI=1S/C8H16N2/c1-5-7(9-3)8(6-2)10-4/h5-6H2,1-4H3. The van der Waals surface area contributed by atoms with E-state index >= 15 is 0 Å². The fourth-order valence-electron chi connectivity index (χ4n) is 0.982. The van der Waals surface area contributed by atoms with Crippen LogP contribution in [-0.4, -0.2) is 25.5 Å². The summed E-state index contributed by atoms with van der Waals surface area (Å²) in [5.41, 5.74) is 2.26. The molecule has 0 saturated heterocycles. The first-order chi connectivity index (χ1) is 4.79. The summed E-state index contributed by atoms with van der Waals surface area (Å²) in [6.07, 6.45) is 1.97. The van der Waals surface area contributed by atoms with Crippen LogP contribution in [0.1, 0.15) is 26.7 Å². The molecule has 0 N–H and O–H groups in total. The molecule has 0 heterocycles. The lowest BCUT2D eigenvalue weighted by molar-refractivity contribution is 1.21. The summed E-state index contributed by atoms with van der Waals surface area (Å²) >= 11 is 0. The molecule has 0 bridgehead atoms. The first-order valence-electron chi connectivity index (χ1n) is 3.71. The van der Waals surface area contributed by atoms with Gasteiger partial charge in [0.05, 0.1) is 11.4 Å². The van der Waals surface area contributed by atoms with Gasteiger partial charge >= 0.3 is 0 Å². The Balaban J connectivity index is 4.27. The molecule has 0 aliphatic heterocycles. The van der Waals surface area contributed by atoms with Gasteiger partial charge in [-0.2, -0.15) is 0 Å². The molecule has 0 amide bonds. The van der Waals surface area contributed by atoms with E-state index in [9.17, 15) is 0 Å². The zero-order valence-corrected chi connectivity index (χ0v) is 7.31. The van der Waals surface area contributed by atoms with Crippen molar-refractivity contribution in [2.75, 3.05) is 14.1 Å². The lowest BCUT2D eigenvalue weighted by Crippen LogP contribution is -2.11. The van der Waals surface area contributed by atoms with Gasteiger partial charge in [0.2, 0.25) is 0 Å². The number of hydrogen-bond acceptors (Lipinski definition) is 2. The number of hydrogen-bond donors (Lipinski definition) is 0. The van der Waals surface area contributed by atoms with E-state index in [2.05, 4.69) is 23.8 Å². The molecule has 0 saturated carbocycles. The third-order valence-corrected chi connectivity index (χ3v) is 1.54. The van der Waals surface area contributed by atoms with Crippen LogP contribution in [-0.2, 0) is 0 Å². The van der Waals surface area contributed by atoms with Gasteiger partial charge in [0, 0.05) is 14.1 Å². The second-order valence-electron chi connectivity index (χ2n) is 2.05. The van der Waals surface area contributed by atoms with Crippen LogP contribution in [0.3, 0.4) is 0 Å². The fraction of sp³-hybridized carbons (Fsp3) is 0.750. The Hall–Kier alpha value is -0.660. The van der Waals surface area contributed by atoms with Gasteiger partial charge in [-0.25, -0.2) is 0 Å². The molecular formula is C8H16N2. The van der Waals surface area contributed by atoms with Gasteiger partial charge in [0.1, 0.15) is 0 Å². The lowest BCUT2D eigenvalue weighted by atomic mass is 10.1. The Morgan fingerprint density at radius 2 is 1.20 bits per heavy atom. The zero-order valence-electron chi connectivity index (χ0n) is 7.31.